The molecular weight excluding hydrogens is 375 g/mol. The van der Waals surface area contributed by atoms with Gasteiger partial charge in [0.15, 0.2) is 5.75 Å². The summed E-state index contributed by atoms with van der Waals surface area (Å²) in [4.78, 5) is 24.5. The van der Waals surface area contributed by atoms with Crippen LogP contribution in [0.2, 0.25) is 0 Å². The number of hydrogen-bond donors (Lipinski definition) is 0. The van der Waals surface area contributed by atoms with Crippen LogP contribution in [-0.2, 0) is 15.3 Å². The van der Waals surface area contributed by atoms with Crippen molar-refractivity contribution in [1.29, 1.82) is 0 Å². The zero-order valence-electron chi connectivity index (χ0n) is 14.2. The third kappa shape index (κ3) is 4.22. The lowest BCUT2D eigenvalue weighted by molar-refractivity contribution is -0.117. The Morgan fingerprint density at radius 1 is 1.11 bits per heavy atom. The second-order valence-corrected chi connectivity index (χ2v) is 6.93. The molecule has 0 aliphatic rings. The molecule has 0 fully saturated rings. The summed E-state index contributed by atoms with van der Waals surface area (Å²) >= 11 is 0. The van der Waals surface area contributed by atoms with Crippen molar-refractivity contribution >= 4 is 27.3 Å². The fraction of sp³-hybridized carbons (Fsp3) is 0.158. The summed E-state index contributed by atoms with van der Waals surface area (Å²) in [6.07, 6.45) is -0.115. The Hall–Kier alpha value is -3.00. The number of carbonyl (C=O) groups excluding carboxylic acids is 1. The molecule has 1 heterocycles. The first-order valence-electron chi connectivity index (χ1n) is 8.00. The highest BCUT2D eigenvalue weighted by Gasteiger charge is 2.29. The van der Waals surface area contributed by atoms with Crippen molar-refractivity contribution in [2.75, 3.05) is 0 Å². The largest absolute Gasteiger partial charge is 0.488 e. The fourth-order valence-corrected chi connectivity index (χ4v) is 3.36. The van der Waals surface area contributed by atoms with Crippen molar-refractivity contribution in [3.63, 3.8) is 0 Å². The Morgan fingerprint density at radius 2 is 1.74 bits per heavy atom. The van der Waals surface area contributed by atoms with Gasteiger partial charge in [0.25, 0.3) is 0 Å². The van der Waals surface area contributed by atoms with Gasteiger partial charge in [-0.15, -0.1) is 0 Å². The summed E-state index contributed by atoms with van der Waals surface area (Å²) in [5, 5.41) is 0.109. The molecule has 3 rings (SSSR count). The van der Waals surface area contributed by atoms with Gasteiger partial charge in [0.05, 0.1) is 10.9 Å². The van der Waals surface area contributed by atoms with E-state index in [1.165, 1.54) is 19.1 Å². The van der Waals surface area contributed by atoms with Crippen LogP contribution in [0, 0.1) is 0 Å². The Labute approximate surface area is 154 Å². The number of ketones is 1. The minimum absolute atomic E-state index is 0.0412. The lowest BCUT2D eigenvalue weighted by Crippen LogP contribution is -2.19. The number of para-hydroxylation sites is 1. The number of hydrogen-bond acceptors (Lipinski definition) is 6. The average molecular weight is 390 g/mol. The minimum atomic E-state index is -5.42. The van der Waals surface area contributed by atoms with E-state index in [4.69, 9.17) is 4.42 Å². The first kappa shape index (κ1) is 18.8. The number of halogens is 1. The van der Waals surface area contributed by atoms with Gasteiger partial charge in [0, 0.05) is 12.3 Å². The van der Waals surface area contributed by atoms with E-state index in [0.717, 1.165) is 0 Å². The number of carbonyl (C=O) groups is 1. The van der Waals surface area contributed by atoms with E-state index in [9.17, 15) is 21.9 Å². The van der Waals surface area contributed by atoms with Gasteiger partial charge in [0.1, 0.15) is 11.4 Å². The second kappa shape index (κ2) is 7.32. The molecule has 3 aromatic rings. The molecule has 0 aliphatic heterocycles. The molecule has 6 nitrogen and oxygen atoms in total. The van der Waals surface area contributed by atoms with Crippen LogP contribution in [0.4, 0.5) is 3.89 Å². The molecule has 0 saturated heterocycles. The summed E-state index contributed by atoms with van der Waals surface area (Å²) in [5.74, 6) is -1.58. The number of benzene rings is 2. The standard InChI is InChI=1S/C19H15FO6S/c1-12(21)11-15(13-7-3-2-4-8-13)17-18(26-27(20,23)24)14-9-5-6-10-16(14)25-19(17)22/h2-10,15H,11H2,1H3. The molecular formula is C19H15FO6S. The van der Waals surface area contributed by atoms with Crippen LogP contribution in [0.15, 0.2) is 63.8 Å². The molecule has 0 spiro atoms. The lowest BCUT2D eigenvalue weighted by atomic mass is 9.87. The zero-order chi connectivity index (χ0) is 19.6. The van der Waals surface area contributed by atoms with Gasteiger partial charge in [-0.3, -0.25) is 4.79 Å². The topological polar surface area (TPSA) is 90.7 Å². The predicted molar refractivity (Wildman–Crippen MR) is 96.7 cm³/mol. The van der Waals surface area contributed by atoms with E-state index in [1.807, 2.05) is 0 Å². The summed E-state index contributed by atoms with van der Waals surface area (Å²) in [6.45, 7) is 1.34. The summed E-state index contributed by atoms with van der Waals surface area (Å²) in [7, 11) is -5.42. The highest BCUT2D eigenvalue weighted by atomic mass is 32.3. The van der Waals surface area contributed by atoms with Crippen molar-refractivity contribution in [3.8, 4) is 5.75 Å². The number of rotatable bonds is 6. The third-order valence-electron chi connectivity index (χ3n) is 4.02. The maximum absolute atomic E-state index is 13.4. The van der Waals surface area contributed by atoms with Gasteiger partial charge in [-0.25, -0.2) is 4.79 Å². The van der Waals surface area contributed by atoms with Crippen molar-refractivity contribution in [1.82, 2.24) is 0 Å². The average Bonchev–Trinajstić information content (AvgIpc) is 2.60. The Bertz CT molecular complexity index is 1150. The summed E-state index contributed by atoms with van der Waals surface area (Å²) < 4.78 is 45.6. The minimum Gasteiger partial charge on any atom is -0.422 e. The Balaban J connectivity index is 2.36. The van der Waals surface area contributed by atoms with Crippen LogP contribution >= 0.6 is 0 Å². The molecule has 0 aliphatic carbocycles. The van der Waals surface area contributed by atoms with Gasteiger partial charge >= 0.3 is 16.1 Å². The Kier molecular flexibility index (Phi) is 5.09. The second-order valence-electron chi connectivity index (χ2n) is 5.97. The SMILES string of the molecule is CC(=O)CC(c1ccccc1)c1c(OS(=O)(=O)F)c2ccccc2oc1=O. The summed E-state index contributed by atoms with van der Waals surface area (Å²) in [5.41, 5.74) is -0.519. The molecule has 1 aromatic heterocycles. The quantitative estimate of drug-likeness (QED) is 0.473. The smallest absolute Gasteiger partial charge is 0.422 e. The van der Waals surface area contributed by atoms with E-state index >= 15 is 0 Å². The van der Waals surface area contributed by atoms with E-state index in [0.29, 0.717) is 5.56 Å². The van der Waals surface area contributed by atoms with Crippen molar-refractivity contribution < 1.29 is 25.7 Å². The predicted octanol–water partition coefficient (Wildman–Crippen LogP) is 3.50. The normalized spacial score (nSPS) is 12.7. The molecule has 140 valence electrons. The molecule has 0 radical (unpaired) electrons. The molecule has 8 heteroatoms. The van der Waals surface area contributed by atoms with E-state index in [2.05, 4.69) is 4.18 Å². The lowest BCUT2D eigenvalue weighted by Gasteiger charge is -2.18. The molecule has 1 atom stereocenters. The molecule has 1 unspecified atom stereocenters. The van der Waals surface area contributed by atoms with Crippen LogP contribution < -0.4 is 9.81 Å². The van der Waals surface area contributed by atoms with Crippen molar-refractivity contribution in [2.24, 2.45) is 0 Å². The van der Waals surface area contributed by atoms with Crippen molar-refractivity contribution in [2.45, 2.75) is 19.3 Å². The first-order valence-corrected chi connectivity index (χ1v) is 9.31. The number of Topliss-reactive ketones (excluding diaryl/α,β-unsaturated/α-hetero) is 1. The molecule has 0 bridgehead atoms. The molecule has 2 aromatic carbocycles. The highest BCUT2D eigenvalue weighted by molar-refractivity contribution is 7.81. The van der Waals surface area contributed by atoms with Crippen LogP contribution in [0.3, 0.4) is 0 Å². The van der Waals surface area contributed by atoms with Crippen molar-refractivity contribution in [3.05, 3.63) is 76.1 Å². The van der Waals surface area contributed by atoms with Crippen LogP contribution in [-0.4, -0.2) is 14.2 Å². The van der Waals surface area contributed by atoms with Gasteiger partial charge in [-0.1, -0.05) is 46.4 Å². The maximum atomic E-state index is 13.4. The van der Waals surface area contributed by atoms with Gasteiger partial charge < -0.3 is 8.60 Å². The van der Waals surface area contributed by atoms with E-state index in [1.54, 1.807) is 42.5 Å². The zero-order valence-corrected chi connectivity index (χ0v) is 15.0. The van der Waals surface area contributed by atoms with Crippen LogP contribution in [0.25, 0.3) is 11.0 Å². The van der Waals surface area contributed by atoms with Gasteiger partial charge in [-0.2, -0.15) is 8.42 Å². The molecule has 27 heavy (non-hydrogen) atoms. The maximum Gasteiger partial charge on any atom is 0.488 e. The molecule has 0 saturated carbocycles. The highest BCUT2D eigenvalue weighted by Crippen LogP contribution is 2.37. The first-order chi connectivity index (χ1) is 12.8. The monoisotopic (exact) mass is 390 g/mol. The van der Waals surface area contributed by atoms with Gasteiger partial charge in [0.2, 0.25) is 0 Å². The molecule has 0 amide bonds. The Morgan fingerprint density at radius 3 is 2.37 bits per heavy atom. The van der Waals surface area contributed by atoms with E-state index in [-0.39, 0.29) is 28.7 Å². The van der Waals surface area contributed by atoms with Crippen LogP contribution in [0.5, 0.6) is 5.75 Å². The summed E-state index contributed by atoms with van der Waals surface area (Å²) in [6, 6.07) is 14.5. The fourth-order valence-electron chi connectivity index (χ4n) is 2.99. The molecule has 0 N–H and O–H groups in total. The van der Waals surface area contributed by atoms with Crippen LogP contribution in [0.1, 0.15) is 30.4 Å². The van der Waals surface area contributed by atoms with Gasteiger partial charge in [-0.05, 0) is 24.6 Å². The third-order valence-corrected chi connectivity index (χ3v) is 4.39. The van der Waals surface area contributed by atoms with E-state index < -0.39 is 27.8 Å². The number of fused-ring (bicyclic) bond motifs is 1.